The number of amides is 1. The Morgan fingerprint density at radius 1 is 1.03 bits per heavy atom. The number of aryl methyl sites for hydroxylation is 1. The van der Waals surface area contributed by atoms with Gasteiger partial charge < -0.3 is 4.74 Å². The van der Waals surface area contributed by atoms with Crippen LogP contribution < -0.4 is 9.64 Å². The summed E-state index contributed by atoms with van der Waals surface area (Å²) in [6, 6.07) is 15.7. The van der Waals surface area contributed by atoms with Gasteiger partial charge in [-0.3, -0.25) is 14.5 Å². The van der Waals surface area contributed by atoms with Gasteiger partial charge in [-0.25, -0.2) is 0 Å². The van der Waals surface area contributed by atoms with Crippen molar-refractivity contribution in [1.82, 2.24) is 0 Å². The Hall–Kier alpha value is -2.88. The van der Waals surface area contributed by atoms with E-state index in [1.54, 1.807) is 12.0 Å². The van der Waals surface area contributed by atoms with Gasteiger partial charge in [-0.15, -0.1) is 0 Å². The lowest BCUT2D eigenvalue weighted by atomic mass is 9.69. The van der Waals surface area contributed by atoms with Gasteiger partial charge in [-0.2, -0.15) is 0 Å². The van der Waals surface area contributed by atoms with E-state index in [-0.39, 0.29) is 23.0 Å². The lowest BCUT2D eigenvalue weighted by Crippen LogP contribution is -2.43. The number of rotatable bonds is 3. The summed E-state index contributed by atoms with van der Waals surface area (Å²) in [4.78, 5) is 28.4. The molecule has 2 aromatic carbocycles. The summed E-state index contributed by atoms with van der Waals surface area (Å²) < 4.78 is 5.36. The molecule has 0 radical (unpaired) electrons. The fraction of sp³-hybridized carbons (Fsp3) is 0.360. The minimum Gasteiger partial charge on any atom is -0.497 e. The summed E-state index contributed by atoms with van der Waals surface area (Å²) in [5.74, 6) is 0.693. The molecule has 1 aliphatic heterocycles. The zero-order chi connectivity index (χ0) is 20.8. The predicted molar refractivity (Wildman–Crippen MR) is 114 cm³/mol. The molecule has 0 spiro atoms. The molecule has 1 amide bonds. The van der Waals surface area contributed by atoms with Crippen molar-refractivity contribution in [3.63, 3.8) is 0 Å². The SMILES string of the molecule is COc1cccc(N2C(=O)CC(c3ccc(C)cc3)C3=C2CC(C)(C)CC3=O)c1. The third kappa shape index (κ3) is 3.59. The van der Waals surface area contributed by atoms with E-state index in [4.69, 9.17) is 4.74 Å². The summed E-state index contributed by atoms with van der Waals surface area (Å²) in [6.45, 7) is 6.23. The van der Waals surface area contributed by atoms with Gasteiger partial charge in [0.25, 0.3) is 0 Å². The first-order valence-corrected chi connectivity index (χ1v) is 10.1. The van der Waals surface area contributed by atoms with Crippen LogP contribution in [0.5, 0.6) is 5.75 Å². The number of allylic oxidation sites excluding steroid dienone is 2. The Balaban J connectivity index is 1.88. The van der Waals surface area contributed by atoms with Gasteiger partial charge in [-0.05, 0) is 36.5 Å². The Morgan fingerprint density at radius 3 is 2.45 bits per heavy atom. The first-order valence-electron chi connectivity index (χ1n) is 10.1. The molecule has 0 N–H and O–H groups in total. The predicted octanol–water partition coefficient (Wildman–Crippen LogP) is 5.17. The van der Waals surface area contributed by atoms with Crippen LogP contribution in [0.4, 0.5) is 5.69 Å². The molecule has 1 atom stereocenters. The van der Waals surface area contributed by atoms with Crippen LogP contribution in [-0.4, -0.2) is 18.8 Å². The van der Waals surface area contributed by atoms with Crippen LogP contribution in [0.25, 0.3) is 0 Å². The molecule has 0 fully saturated rings. The molecule has 150 valence electrons. The van der Waals surface area contributed by atoms with Gasteiger partial charge in [0.05, 0.1) is 12.8 Å². The molecular formula is C25H27NO3. The third-order valence-corrected chi connectivity index (χ3v) is 5.93. The first kappa shape index (κ1) is 19.4. The van der Waals surface area contributed by atoms with Crippen LogP contribution >= 0.6 is 0 Å². The van der Waals surface area contributed by atoms with Crippen LogP contribution in [0.3, 0.4) is 0 Å². The normalized spacial score (nSPS) is 21.2. The zero-order valence-electron chi connectivity index (χ0n) is 17.5. The summed E-state index contributed by atoms with van der Waals surface area (Å²) in [5.41, 5.74) is 4.43. The van der Waals surface area contributed by atoms with Crippen molar-refractivity contribution >= 4 is 17.4 Å². The number of benzene rings is 2. The molecule has 4 nitrogen and oxygen atoms in total. The van der Waals surface area contributed by atoms with E-state index in [9.17, 15) is 9.59 Å². The van der Waals surface area contributed by atoms with E-state index in [2.05, 4.69) is 13.8 Å². The largest absolute Gasteiger partial charge is 0.497 e. The molecule has 0 aromatic heterocycles. The summed E-state index contributed by atoms with van der Waals surface area (Å²) in [6.07, 6.45) is 1.50. The molecule has 29 heavy (non-hydrogen) atoms. The second-order valence-corrected chi connectivity index (χ2v) is 8.90. The molecule has 1 heterocycles. The number of ether oxygens (including phenoxy) is 1. The van der Waals surface area contributed by atoms with E-state index in [0.717, 1.165) is 22.5 Å². The molecule has 2 aromatic rings. The lowest BCUT2D eigenvalue weighted by molar-refractivity contribution is -0.121. The number of nitrogens with zero attached hydrogens (tertiary/aromatic N) is 1. The smallest absolute Gasteiger partial charge is 0.232 e. The van der Waals surface area contributed by atoms with Crippen LogP contribution in [0, 0.1) is 12.3 Å². The topological polar surface area (TPSA) is 46.6 Å². The van der Waals surface area contributed by atoms with Crippen molar-refractivity contribution in [3.8, 4) is 5.75 Å². The minimum absolute atomic E-state index is 0.0214. The van der Waals surface area contributed by atoms with Crippen molar-refractivity contribution in [1.29, 1.82) is 0 Å². The molecule has 2 aliphatic rings. The standard InChI is InChI=1S/C25H27NO3/c1-16-8-10-17(11-9-16)20-13-23(28)26(18-6-5-7-19(12-18)29-4)21-14-25(2,3)15-22(27)24(20)21/h5-12,20H,13-15H2,1-4H3. The monoisotopic (exact) mass is 389 g/mol. The highest BCUT2D eigenvalue weighted by molar-refractivity contribution is 6.07. The van der Waals surface area contributed by atoms with E-state index in [1.165, 1.54) is 5.56 Å². The second-order valence-electron chi connectivity index (χ2n) is 8.90. The van der Waals surface area contributed by atoms with Gasteiger partial charge in [0.1, 0.15) is 5.75 Å². The summed E-state index contributed by atoms with van der Waals surface area (Å²) in [5, 5.41) is 0. The minimum atomic E-state index is -0.178. The number of Topliss-reactive ketones (excluding diaryl/α,β-unsaturated/α-hetero) is 1. The lowest BCUT2D eigenvalue weighted by Gasteiger charge is -2.43. The number of anilines is 1. The molecule has 4 rings (SSSR count). The average molecular weight is 389 g/mol. The Morgan fingerprint density at radius 2 is 1.76 bits per heavy atom. The molecule has 0 bridgehead atoms. The van der Waals surface area contributed by atoms with E-state index < -0.39 is 0 Å². The van der Waals surface area contributed by atoms with Crippen LogP contribution in [-0.2, 0) is 9.59 Å². The number of hydrogen-bond donors (Lipinski definition) is 0. The molecule has 4 heteroatoms. The highest BCUT2D eigenvalue weighted by atomic mass is 16.5. The third-order valence-electron chi connectivity index (χ3n) is 5.93. The van der Waals surface area contributed by atoms with E-state index in [1.807, 2.05) is 55.5 Å². The number of carbonyl (C=O) groups is 2. The van der Waals surface area contributed by atoms with Gasteiger partial charge in [-0.1, -0.05) is 49.7 Å². The van der Waals surface area contributed by atoms with Crippen LogP contribution in [0.2, 0.25) is 0 Å². The second kappa shape index (κ2) is 7.18. The first-order chi connectivity index (χ1) is 13.8. The highest BCUT2D eigenvalue weighted by Gasteiger charge is 2.44. The summed E-state index contributed by atoms with van der Waals surface area (Å²) >= 11 is 0. The molecule has 0 saturated heterocycles. The Labute approximate surface area is 172 Å². The number of methoxy groups -OCH3 is 1. The average Bonchev–Trinajstić information content (AvgIpc) is 2.67. The van der Waals surface area contributed by atoms with Crippen molar-refractivity contribution < 1.29 is 14.3 Å². The molecule has 0 saturated carbocycles. The quantitative estimate of drug-likeness (QED) is 0.728. The van der Waals surface area contributed by atoms with Gasteiger partial charge in [0, 0.05) is 36.1 Å². The maximum Gasteiger partial charge on any atom is 0.232 e. The maximum atomic E-state index is 13.4. The number of hydrogen-bond acceptors (Lipinski definition) is 3. The summed E-state index contributed by atoms with van der Waals surface area (Å²) in [7, 11) is 1.61. The van der Waals surface area contributed by atoms with Gasteiger partial charge in [0.15, 0.2) is 5.78 Å². The van der Waals surface area contributed by atoms with E-state index in [0.29, 0.717) is 25.0 Å². The highest BCUT2D eigenvalue weighted by Crippen LogP contribution is 2.48. The Kier molecular flexibility index (Phi) is 4.81. The van der Waals surface area contributed by atoms with Crippen LogP contribution in [0.15, 0.2) is 59.8 Å². The van der Waals surface area contributed by atoms with Crippen LogP contribution in [0.1, 0.15) is 50.2 Å². The molecular weight excluding hydrogens is 362 g/mol. The van der Waals surface area contributed by atoms with Gasteiger partial charge >= 0.3 is 0 Å². The Bertz CT molecular complexity index is 1000. The van der Waals surface area contributed by atoms with Gasteiger partial charge in [0.2, 0.25) is 5.91 Å². The fourth-order valence-electron chi connectivity index (χ4n) is 4.55. The van der Waals surface area contributed by atoms with Crippen molar-refractivity contribution in [2.24, 2.45) is 5.41 Å². The number of ketones is 1. The number of carbonyl (C=O) groups excluding carboxylic acids is 2. The fourth-order valence-corrected chi connectivity index (χ4v) is 4.55. The van der Waals surface area contributed by atoms with Crippen molar-refractivity contribution in [3.05, 3.63) is 70.9 Å². The maximum absolute atomic E-state index is 13.4. The molecule has 1 unspecified atom stereocenters. The van der Waals surface area contributed by atoms with E-state index >= 15 is 0 Å². The molecule has 1 aliphatic carbocycles. The van der Waals surface area contributed by atoms with Crippen molar-refractivity contribution in [2.45, 2.75) is 46.0 Å². The van der Waals surface area contributed by atoms with Crippen molar-refractivity contribution in [2.75, 3.05) is 12.0 Å². The zero-order valence-corrected chi connectivity index (χ0v) is 17.5.